The zero-order chi connectivity index (χ0) is 21.8. The Balaban J connectivity index is 1.58. The molecule has 1 aromatic heterocycles. The van der Waals surface area contributed by atoms with Gasteiger partial charge in [0.2, 0.25) is 0 Å². The molecule has 0 aliphatic heterocycles. The summed E-state index contributed by atoms with van der Waals surface area (Å²) in [5.74, 6) is -0.411. The van der Waals surface area contributed by atoms with E-state index in [1.165, 1.54) is 0 Å². The summed E-state index contributed by atoms with van der Waals surface area (Å²) in [6.45, 7) is 0.171. The molecule has 0 amide bonds. The van der Waals surface area contributed by atoms with Gasteiger partial charge in [-0.05, 0) is 28.5 Å². The largest absolute Gasteiger partial charge is 0.461 e. The third kappa shape index (κ3) is 5.52. The lowest BCUT2D eigenvalue weighted by molar-refractivity contribution is -0.144. The summed E-state index contributed by atoms with van der Waals surface area (Å²) in [6.07, 6.45) is -0.315. The second kappa shape index (κ2) is 8.94. The number of benzene rings is 3. The molecule has 0 saturated heterocycles. The molecule has 1 heterocycles. The van der Waals surface area contributed by atoms with Crippen LogP contribution in [0, 0.1) is 0 Å². The minimum Gasteiger partial charge on any atom is -0.461 e. The van der Waals surface area contributed by atoms with Gasteiger partial charge in [0.05, 0.1) is 35.0 Å². The van der Waals surface area contributed by atoms with Crippen molar-refractivity contribution < 1.29 is 23.9 Å². The van der Waals surface area contributed by atoms with Crippen molar-refractivity contribution in [3.05, 3.63) is 83.7 Å². The first kappa shape index (κ1) is 21.1. The van der Waals surface area contributed by atoms with Crippen molar-refractivity contribution in [1.29, 1.82) is 0 Å². The summed E-state index contributed by atoms with van der Waals surface area (Å²) >= 11 is 0. The fourth-order valence-electron chi connectivity index (χ4n) is 3.37. The Kier molecular flexibility index (Phi) is 6.09. The highest BCUT2D eigenvalue weighted by Crippen LogP contribution is 2.39. The number of ether oxygens (including phenoxy) is 1. The second-order valence-corrected chi connectivity index (χ2v) is 8.92. The third-order valence-corrected chi connectivity index (χ3v) is 5.56. The van der Waals surface area contributed by atoms with Crippen LogP contribution in [0.4, 0.5) is 0 Å². The van der Waals surface area contributed by atoms with Gasteiger partial charge in [-0.25, -0.2) is 9.97 Å². The van der Waals surface area contributed by atoms with Crippen LogP contribution in [0.1, 0.15) is 23.4 Å². The van der Waals surface area contributed by atoms with Crippen molar-refractivity contribution in [2.24, 2.45) is 0 Å². The van der Waals surface area contributed by atoms with Crippen molar-refractivity contribution in [3.63, 3.8) is 0 Å². The summed E-state index contributed by atoms with van der Waals surface area (Å²) in [6, 6.07) is 20.8. The molecule has 2 N–H and O–H groups in total. The quantitative estimate of drug-likeness (QED) is 0.255. The van der Waals surface area contributed by atoms with Crippen LogP contribution < -0.4 is 0 Å². The molecule has 158 valence electrons. The molecule has 7 nitrogen and oxygen atoms in total. The predicted octanol–water partition coefficient (Wildman–Crippen LogP) is 4.14. The highest BCUT2D eigenvalue weighted by molar-refractivity contribution is 7.50. The number of carbonyl (C=O) groups is 1. The summed E-state index contributed by atoms with van der Waals surface area (Å²) in [5, 5.41) is 1.95. The lowest BCUT2D eigenvalue weighted by Gasteiger charge is -2.12. The van der Waals surface area contributed by atoms with E-state index >= 15 is 0 Å². The molecular formula is C23H21N2O5P. The Morgan fingerprint density at radius 2 is 1.45 bits per heavy atom. The lowest BCUT2D eigenvalue weighted by Crippen LogP contribution is -2.09. The zero-order valence-corrected chi connectivity index (χ0v) is 17.5. The Morgan fingerprint density at radius 1 is 0.871 bits per heavy atom. The Bertz CT molecular complexity index is 1290. The van der Waals surface area contributed by atoms with Crippen LogP contribution in [0.25, 0.3) is 21.8 Å². The molecule has 31 heavy (non-hydrogen) atoms. The summed E-state index contributed by atoms with van der Waals surface area (Å²) in [5.41, 5.74) is 2.64. The Morgan fingerprint density at radius 3 is 2.06 bits per heavy atom. The Hall–Kier alpha value is -3.12. The van der Waals surface area contributed by atoms with Crippen LogP contribution in [-0.2, 0) is 33.3 Å². The first-order valence-electron chi connectivity index (χ1n) is 9.80. The number of nitrogens with zero attached hydrogens (tertiary/aromatic N) is 2. The molecule has 0 atom stereocenters. The van der Waals surface area contributed by atoms with Gasteiger partial charge in [-0.3, -0.25) is 9.36 Å². The van der Waals surface area contributed by atoms with E-state index in [1.807, 2.05) is 66.7 Å². The zero-order valence-electron chi connectivity index (χ0n) is 16.6. The third-order valence-electron chi connectivity index (χ3n) is 4.85. The van der Waals surface area contributed by atoms with Gasteiger partial charge in [-0.15, -0.1) is 0 Å². The van der Waals surface area contributed by atoms with Crippen LogP contribution in [0.2, 0.25) is 0 Å². The molecular weight excluding hydrogens is 415 g/mol. The van der Waals surface area contributed by atoms with E-state index in [9.17, 15) is 19.1 Å². The number of aryl methyl sites for hydroxylation is 1. The number of hydrogen-bond acceptors (Lipinski definition) is 5. The summed E-state index contributed by atoms with van der Waals surface area (Å²) < 4.78 is 16.9. The minimum atomic E-state index is -4.36. The molecule has 0 aliphatic rings. The number of carbonyl (C=O) groups excluding carboxylic acids is 1. The fourth-order valence-corrected chi connectivity index (χ4v) is 4.01. The normalized spacial score (nSPS) is 11.7. The molecule has 0 spiro atoms. The highest BCUT2D eigenvalue weighted by atomic mass is 31.2. The number of hydrogen-bond donors (Lipinski definition) is 2. The average molecular weight is 436 g/mol. The molecule has 3 aromatic carbocycles. The molecule has 0 unspecified atom stereocenters. The van der Waals surface area contributed by atoms with Gasteiger partial charge in [0.25, 0.3) is 0 Å². The van der Waals surface area contributed by atoms with Crippen molar-refractivity contribution in [1.82, 2.24) is 9.97 Å². The van der Waals surface area contributed by atoms with E-state index in [0.717, 1.165) is 16.3 Å². The van der Waals surface area contributed by atoms with E-state index in [-0.39, 0.29) is 25.1 Å². The smallest absolute Gasteiger partial charge is 0.331 e. The van der Waals surface area contributed by atoms with E-state index in [2.05, 4.69) is 9.97 Å². The molecule has 8 heteroatoms. The molecule has 0 bridgehead atoms. The van der Waals surface area contributed by atoms with Crippen LogP contribution in [0.15, 0.2) is 66.7 Å². The Labute approximate surface area is 178 Å². The second-order valence-electron chi connectivity index (χ2n) is 7.27. The highest BCUT2D eigenvalue weighted by Gasteiger charge is 2.21. The maximum absolute atomic E-state index is 12.2. The predicted molar refractivity (Wildman–Crippen MR) is 117 cm³/mol. The fraction of sp³-hybridized carbons (Fsp3) is 0.174. The maximum Gasteiger partial charge on any atom is 0.331 e. The van der Waals surface area contributed by atoms with Gasteiger partial charge in [-0.1, -0.05) is 54.6 Å². The number of esters is 1. The van der Waals surface area contributed by atoms with Gasteiger partial charge < -0.3 is 14.5 Å². The first-order chi connectivity index (χ1) is 14.9. The van der Waals surface area contributed by atoms with Gasteiger partial charge >= 0.3 is 13.6 Å². The number of aromatic nitrogens is 2. The SMILES string of the molecule is O=C(CCc1nc2cc3ccccc3cc2nc1CP(=O)(O)O)OCc1ccccc1. The molecule has 0 saturated carbocycles. The van der Waals surface area contributed by atoms with Crippen molar-refractivity contribution in [2.75, 3.05) is 0 Å². The molecule has 0 radical (unpaired) electrons. The van der Waals surface area contributed by atoms with Crippen LogP contribution in [0.3, 0.4) is 0 Å². The molecule has 0 fully saturated rings. The maximum atomic E-state index is 12.2. The van der Waals surface area contributed by atoms with Gasteiger partial charge in [0, 0.05) is 6.42 Å². The summed E-state index contributed by atoms with van der Waals surface area (Å²) in [4.78, 5) is 40.2. The van der Waals surface area contributed by atoms with Gasteiger partial charge in [0.1, 0.15) is 6.61 Å². The molecule has 4 rings (SSSR count). The monoisotopic (exact) mass is 436 g/mol. The average Bonchev–Trinajstić information content (AvgIpc) is 2.74. The standard InChI is InChI=1S/C23H21N2O5P/c26-23(30-14-16-6-2-1-3-7-16)11-10-19-22(15-31(27,28)29)25-21-13-18-9-5-4-8-17(18)12-20(21)24-19/h1-9,12-13H,10-11,14-15H2,(H2,27,28,29). The van der Waals surface area contributed by atoms with Gasteiger partial charge in [0.15, 0.2) is 0 Å². The topological polar surface area (TPSA) is 110 Å². The van der Waals surface area contributed by atoms with Crippen LogP contribution >= 0.6 is 7.60 Å². The number of fused-ring (bicyclic) bond motifs is 2. The van der Waals surface area contributed by atoms with E-state index in [0.29, 0.717) is 16.7 Å². The number of rotatable bonds is 7. The van der Waals surface area contributed by atoms with Crippen molar-refractivity contribution >= 4 is 35.4 Å². The van der Waals surface area contributed by atoms with Crippen LogP contribution in [0.5, 0.6) is 0 Å². The van der Waals surface area contributed by atoms with Crippen LogP contribution in [-0.4, -0.2) is 25.7 Å². The van der Waals surface area contributed by atoms with Gasteiger partial charge in [-0.2, -0.15) is 0 Å². The lowest BCUT2D eigenvalue weighted by atomic mass is 10.1. The molecule has 0 aliphatic carbocycles. The van der Waals surface area contributed by atoms with E-state index in [4.69, 9.17) is 4.74 Å². The van der Waals surface area contributed by atoms with Crippen molar-refractivity contribution in [2.45, 2.75) is 25.6 Å². The summed E-state index contributed by atoms with van der Waals surface area (Å²) in [7, 11) is -4.36. The van der Waals surface area contributed by atoms with Crippen molar-refractivity contribution in [3.8, 4) is 0 Å². The first-order valence-corrected chi connectivity index (χ1v) is 11.6. The van der Waals surface area contributed by atoms with E-state index < -0.39 is 19.7 Å². The minimum absolute atomic E-state index is 0.0365. The van der Waals surface area contributed by atoms with E-state index in [1.54, 1.807) is 0 Å². The molecule has 4 aromatic rings.